The van der Waals surface area contributed by atoms with Crippen molar-refractivity contribution in [2.75, 3.05) is 14.2 Å². The summed E-state index contributed by atoms with van der Waals surface area (Å²) in [6.07, 6.45) is 1.39. The van der Waals surface area contributed by atoms with Crippen LogP contribution in [0, 0.1) is 21.4 Å². The third-order valence-corrected chi connectivity index (χ3v) is 4.12. The summed E-state index contributed by atoms with van der Waals surface area (Å²) in [5.74, 6) is 0.533. The zero-order valence-corrected chi connectivity index (χ0v) is 14.8. The third kappa shape index (κ3) is 4.02. The first-order valence-corrected chi connectivity index (χ1v) is 7.64. The largest absolute Gasteiger partial charge is 0.493 e. The molecule has 8 heteroatoms. The molecule has 0 unspecified atom stereocenters. The van der Waals surface area contributed by atoms with Gasteiger partial charge < -0.3 is 9.47 Å². The number of halogens is 2. The van der Waals surface area contributed by atoms with Crippen molar-refractivity contribution in [1.82, 2.24) is 0 Å². The normalized spacial score (nSPS) is 10.9. The average Bonchev–Trinajstić information content (AvgIpc) is 2.61. The summed E-state index contributed by atoms with van der Waals surface area (Å²) in [5, 5.41) is 21.4. The number of allylic oxidation sites excluding steroid dienone is 1. The van der Waals surface area contributed by atoms with Gasteiger partial charge in [-0.2, -0.15) is 5.26 Å². The fraction of sp³-hybridized carbons (Fsp3) is 0.118. The third-order valence-electron chi connectivity index (χ3n) is 3.38. The van der Waals surface area contributed by atoms with Gasteiger partial charge in [-0.05, 0) is 29.8 Å². The number of benzene rings is 2. The van der Waals surface area contributed by atoms with Crippen molar-refractivity contribution in [1.29, 1.82) is 5.26 Å². The lowest BCUT2D eigenvalue weighted by Gasteiger charge is -2.09. The van der Waals surface area contributed by atoms with E-state index in [1.54, 1.807) is 12.1 Å². The van der Waals surface area contributed by atoms with Gasteiger partial charge in [0, 0.05) is 0 Å². The van der Waals surface area contributed by atoms with Crippen LogP contribution in [0.3, 0.4) is 0 Å². The van der Waals surface area contributed by atoms with E-state index in [2.05, 4.69) is 0 Å². The molecule has 0 fully saturated rings. The maximum absolute atomic E-state index is 11.4. The molecule has 128 valence electrons. The molecule has 0 saturated carbocycles. The first kappa shape index (κ1) is 18.6. The van der Waals surface area contributed by atoms with Crippen LogP contribution in [0.5, 0.6) is 11.5 Å². The number of nitro benzene ring substituents is 1. The molecular weight excluding hydrogens is 367 g/mol. The Kier molecular flexibility index (Phi) is 5.86. The molecule has 2 aromatic rings. The van der Waals surface area contributed by atoms with Crippen LogP contribution in [-0.4, -0.2) is 19.1 Å². The topological polar surface area (TPSA) is 85.4 Å². The van der Waals surface area contributed by atoms with Crippen LogP contribution in [0.1, 0.15) is 11.1 Å². The number of ether oxygens (including phenoxy) is 2. The first-order chi connectivity index (χ1) is 11.9. The highest BCUT2D eigenvalue weighted by atomic mass is 35.5. The van der Waals surface area contributed by atoms with E-state index >= 15 is 0 Å². The second-order valence-corrected chi connectivity index (χ2v) is 5.64. The lowest BCUT2D eigenvalue weighted by Crippen LogP contribution is -1.97. The van der Waals surface area contributed by atoms with E-state index in [4.69, 9.17) is 32.7 Å². The van der Waals surface area contributed by atoms with Crippen molar-refractivity contribution in [3.63, 3.8) is 0 Å². The van der Waals surface area contributed by atoms with Crippen LogP contribution < -0.4 is 9.47 Å². The van der Waals surface area contributed by atoms with E-state index in [1.165, 1.54) is 38.5 Å². The highest BCUT2D eigenvalue weighted by Gasteiger charge is 2.19. The van der Waals surface area contributed by atoms with E-state index < -0.39 is 4.92 Å². The minimum absolute atomic E-state index is 0.189. The van der Waals surface area contributed by atoms with Gasteiger partial charge in [-0.3, -0.25) is 10.1 Å². The zero-order valence-electron chi connectivity index (χ0n) is 13.2. The van der Waals surface area contributed by atoms with Crippen molar-refractivity contribution >= 4 is 40.5 Å². The zero-order chi connectivity index (χ0) is 18.6. The van der Waals surface area contributed by atoms with E-state index in [0.29, 0.717) is 16.3 Å². The second kappa shape index (κ2) is 7.88. The molecule has 0 saturated heterocycles. The van der Waals surface area contributed by atoms with Crippen LogP contribution in [0.4, 0.5) is 5.69 Å². The predicted octanol–water partition coefficient (Wildman–Crippen LogP) is 4.98. The summed E-state index contributed by atoms with van der Waals surface area (Å²) in [6.45, 7) is 0. The molecule has 0 aromatic heterocycles. The Morgan fingerprint density at radius 3 is 2.32 bits per heavy atom. The molecule has 6 nitrogen and oxygen atoms in total. The maximum Gasteiger partial charge on any atom is 0.280 e. The van der Waals surface area contributed by atoms with Gasteiger partial charge in [-0.25, -0.2) is 0 Å². The molecule has 2 aromatic carbocycles. The summed E-state index contributed by atoms with van der Waals surface area (Å²) >= 11 is 11.8. The highest BCUT2D eigenvalue weighted by molar-refractivity contribution is 6.42. The summed E-state index contributed by atoms with van der Waals surface area (Å²) in [7, 11) is 2.80. The fourth-order valence-electron chi connectivity index (χ4n) is 2.16. The lowest BCUT2D eigenvalue weighted by molar-refractivity contribution is -0.385. The Morgan fingerprint density at radius 1 is 1.16 bits per heavy atom. The van der Waals surface area contributed by atoms with Gasteiger partial charge >= 0.3 is 0 Å². The Labute approximate surface area is 154 Å². The van der Waals surface area contributed by atoms with Gasteiger partial charge in [0.15, 0.2) is 11.5 Å². The van der Waals surface area contributed by atoms with Crippen molar-refractivity contribution in [2.24, 2.45) is 0 Å². The van der Waals surface area contributed by atoms with Crippen LogP contribution in [-0.2, 0) is 0 Å². The fourth-order valence-corrected chi connectivity index (χ4v) is 2.46. The summed E-state index contributed by atoms with van der Waals surface area (Å²) in [4.78, 5) is 10.8. The second-order valence-electron chi connectivity index (χ2n) is 4.82. The summed E-state index contributed by atoms with van der Waals surface area (Å²) in [6, 6.07) is 9.37. The van der Waals surface area contributed by atoms with E-state index in [0.717, 1.165) is 0 Å². The molecule has 0 radical (unpaired) electrons. The molecule has 0 aliphatic rings. The molecule has 0 bridgehead atoms. The van der Waals surface area contributed by atoms with Gasteiger partial charge in [-0.1, -0.05) is 29.3 Å². The molecule has 0 aliphatic carbocycles. The Balaban J connectivity index is 2.65. The van der Waals surface area contributed by atoms with E-state index in [1.807, 2.05) is 6.07 Å². The van der Waals surface area contributed by atoms with Crippen molar-refractivity contribution in [2.45, 2.75) is 0 Å². The van der Waals surface area contributed by atoms with Gasteiger partial charge in [-0.15, -0.1) is 0 Å². The molecule has 2 rings (SSSR count). The van der Waals surface area contributed by atoms with Crippen LogP contribution >= 0.6 is 23.2 Å². The van der Waals surface area contributed by atoms with E-state index in [-0.39, 0.29) is 27.6 Å². The monoisotopic (exact) mass is 378 g/mol. The summed E-state index contributed by atoms with van der Waals surface area (Å²) < 4.78 is 10.2. The number of hydrogen-bond acceptors (Lipinski definition) is 5. The molecule has 0 heterocycles. The Hall–Kier alpha value is -2.75. The van der Waals surface area contributed by atoms with Crippen LogP contribution in [0.25, 0.3) is 11.6 Å². The van der Waals surface area contributed by atoms with Crippen molar-refractivity contribution in [3.05, 3.63) is 61.6 Å². The molecule has 0 N–H and O–H groups in total. The number of rotatable bonds is 5. The predicted molar refractivity (Wildman–Crippen MR) is 96.1 cm³/mol. The molecule has 25 heavy (non-hydrogen) atoms. The Bertz CT molecular complexity index is 904. The minimum atomic E-state index is -0.558. The molecule has 0 atom stereocenters. The number of nitrogens with zero attached hydrogens (tertiary/aromatic N) is 2. The molecular formula is C17H12Cl2N2O4. The van der Waals surface area contributed by atoms with E-state index in [9.17, 15) is 15.4 Å². The number of nitriles is 1. The lowest BCUT2D eigenvalue weighted by atomic mass is 10.0. The van der Waals surface area contributed by atoms with Gasteiger partial charge in [0.25, 0.3) is 5.69 Å². The number of nitro groups is 1. The molecule has 0 spiro atoms. The maximum atomic E-state index is 11.4. The minimum Gasteiger partial charge on any atom is -0.493 e. The quantitative estimate of drug-likeness (QED) is 0.316. The van der Waals surface area contributed by atoms with Gasteiger partial charge in [0.05, 0.1) is 52.5 Å². The first-order valence-electron chi connectivity index (χ1n) is 6.89. The SMILES string of the molecule is COc1cc(/C=C(/C#N)c2ccc(Cl)c(Cl)c2)c([N+](=O)[O-])cc1OC. The molecule has 0 amide bonds. The average molecular weight is 379 g/mol. The summed E-state index contributed by atoms with van der Waals surface area (Å²) in [5.41, 5.74) is 0.658. The smallest absolute Gasteiger partial charge is 0.280 e. The number of methoxy groups -OCH3 is 2. The van der Waals surface area contributed by atoms with Crippen LogP contribution in [0.2, 0.25) is 10.0 Å². The van der Waals surface area contributed by atoms with Gasteiger partial charge in [0.1, 0.15) is 0 Å². The standard InChI is InChI=1S/C17H12Cl2N2O4/c1-24-16-7-11(15(21(22)23)8-17(16)25-2)5-12(9-20)10-3-4-13(18)14(19)6-10/h3-8H,1-2H3/b12-5-. The Morgan fingerprint density at radius 2 is 1.80 bits per heavy atom. The highest BCUT2D eigenvalue weighted by Crippen LogP contribution is 2.36. The van der Waals surface area contributed by atoms with Crippen molar-refractivity contribution < 1.29 is 14.4 Å². The van der Waals surface area contributed by atoms with Crippen molar-refractivity contribution in [3.8, 4) is 17.6 Å². The van der Waals surface area contributed by atoms with Crippen LogP contribution in [0.15, 0.2) is 30.3 Å². The van der Waals surface area contributed by atoms with Gasteiger partial charge in [0.2, 0.25) is 0 Å². The number of hydrogen-bond donors (Lipinski definition) is 0. The molecule has 0 aliphatic heterocycles.